The Morgan fingerprint density at radius 3 is 2.88 bits per heavy atom. The first-order chi connectivity index (χ1) is 7.46. The van der Waals surface area contributed by atoms with E-state index in [1.807, 2.05) is 20.1 Å². The number of carbonyl (C=O) groups is 1. The number of nitrogens with one attached hydrogen (secondary N) is 1. The van der Waals surface area contributed by atoms with Gasteiger partial charge in [-0.2, -0.15) is 11.8 Å². The third kappa shape index (κ3) is 3.48. The number of pyridine rings is 1. The van der Waals surface area contributed by atoms with Crippen LogP contribution in [0.25, 0.3) is 0 Å². The van der Waals surface area contributed by atoms with E-state index in [1.54, 1.807) is 11.8 Å². The summed E-state index contributed by atoms with van der Waals surface area (Å²) in [7, 11) is 0. The first kappa shape index (κ1) is 13.0. The highest BCUT2D eigenvalue weighted by Crippen LogP contribution is 2.19. The van der Waals surface area contributed by atoms with E-state index in [0.717, 1.165) is 6.20 Å². The summed E-state index contributed by atoms with van der Waals surface area (Å²) < 4.78 is 13.2. The van der Waals surface area contributed by atoms with E-state index in [-0.39, 0.29) is 10.3 Å². The number of rotatable bonds is 4. The van der Waals surface area contributed by atoms with Crippen molar-refractivity contribution >= 4 is 17.7 Å². The number of hydrogen-bond acceptors (Lipinski definition) is 3. The highest BCUT2D eigenvalue weighted by molar-refractivity contribution is 7.99. The molecule has 0 saturated heterocycles. The number of aromatic nitrogens is 1. The topological polar surface area (TPSA) is 42.0 Å². The molecule has 16 heavy (non-hydrogen) atoms. The summed E-state index contributed by atoms with van der Waals surface area (Å²) in [6, 6.07) is 1.37. The molecule has 0 spiro atoms. The normalized spacial score (nSPS) is 11.2. The molecule has 0 bridgehead atoms. The van der Waals surface area contributed by atoms with Gasteiger partial charge < -0.3 is 5.32 Å². The van der Waals surface area contributed by atoms with Crippen molar-refractivity contribution in [3.8, 4) is 0 Å². The molecule has 1 heterocycles. The van der Waals surface area contributed by atoms with Crippen molar-refractivity contribution in [3.63, 3.8) is 0 Å². The summed E-state index contributed by atoms with van der Waals surface area (Å²) in [5, 5.41) is 2.70. The van der Waals surface area contributed by atoms with E-state index in [9.17, 15) is 9.18 Å². The second kappa shape index (κ2) is 5.30. The number of hydrogen-bond donors (Lipinski definition) is 1. The Morgan fingerprint density at radius 1 is 1.62 bits per heavy atom. The molecule has 0 aliphatic heterocycles. The summed E-state index contributed by atoms with van der Waals surface area (Å²) in [5.74, 6) is -0.996. The quantitative estimate of drug-likeness (QED) is 0.879. The average Bonchev–Trinajstić information content (AvgIpc) is 2.27. The van der Waals surface area contributed by atoms with E-state index in [2.05, 4.69) is 10.3 Å². The van der Waals surface area contributed by atoms with Gasteiger partial charge in [-0.05, 0) is 26.2 Å². The van der Waals surface area contributed by atoms with Gasteiger partial charge in [0.15, 0.2) is 5.82 Å². The van der Waals surface area contributed by atoms with Crippen molar-refractivity contribution < 1.29 is 9.18 Å². The highest BCUT2D eigenvalue weighted by Gasteiger charge is 2.18. The van der Waals surface area contributed by atoms with Gasteiger partial charge >= 0.3 is 0 Å². The fourth-order valence-corrected chi connectivity index (χ4v) is 1.24. The largest absolute Gasteiger partial charge is 0.351 e. The van der Waals surface area contributed by atoms with Gasteiger partial charge in [0, 0.05) is 17.5 Å². The Bertz CT molecular complexity index is 382. The smallest absolute Gasteiger partial charge is 0.254 e. The maximum atomic E-state index is 13.2. The standard InChI is InChI=1S/C11H15FN2OS/c1-11(2,16-3)7-14-10(15)8-4-5-13-6-9(8)12/h4-6H,7H2,1-3H3,(H,14,15). The number of amides is 1. The number of thioether (sulfide) groups is 1. The van der Waals surface area contributed by atoms with Crippen molar-refractivity contribution in [2.24, 2.45) is 0 Å². The van der Waals surface area contributed by atoms with Crippen LogP contribution in [0.2, 0.25) is 0 Å². The Hall–Kier alpha value is -1.10. The molecule has 0 aromatic carbocycles. The molecular weight excluding hydrogens is 227 g/mol. The maximum absolute atomic E-state index is 13.2. The van der Waals surface area contributed by atoms with Crippen molar-refractivity contribution in [3.05, 3.63) is 29.8 Å². The number of halogens is 1. The Kier molecular flexibility index (Phi) is 4.29. The zero-order valence-corrected chi connectivity index (χ0v) is 10.4. The van der Waals surface area contributed by atoms with Crippen LogP contribution in [0.1, 0.15) is 24.2 Å². The Labute approximate surface area is 98.8 Å². The maximum Gasteiger partial charge on any atom is 0.254 e. The van der Waals surface area contributed by atoms with E-state index in [4.69, 9.17) is 0 Å². The summed E-state index contributed by atoms with van der Waals surface area (Å²) in [6.07, 6.45) is 4.41. The summed E-state index contributed by atoms with van der Waals surface area (Å²) in [5.41, 5.74) is 0.0342. The molecule has 0 fully saturated rings. The molecule has 3 nitrogen and oxygen atoms in total. The van der Waals surface area contributed by atoms with Gasteiger partial charge in [0.25, 0.3) is 5.91 Å². The predicted octanol–water partition coefficient (Wildman–Crippen LogP) is 2.09. The van der Waals surface area contributed by atoms with E-state index >= 15 is 0 Å². The molecule has 0 radical (unpaired) electrons. The van der Waals surface area contributed by atoms with Crippen LogP contribution in [0.3, 0.4) is 0 Å². The first-order valence-corrected chi connectivity index (χ1v) is 6.11. The fraction of sp³-hybridized carbons (Fsp3) is 0.455. The minimum absolute atomic E-state index is 0.0342. The van der Waals surface area contributed by atoms with Crippen LogP contribution >= 0.6 is 11.8 Å². The van der Waals surface area contributed by atoms with Crippen LogP contribution in [-0.4, -0.2) is 28.4 Å². The van der Waals surface area contributed by atoms with Gasteiger partial charge in [0.05, 0.1) is 11.8 Å². The van der Waals surface area contributed by atoms with Gasteiger partial charge in [-0.1, -0.05) is 0 Å². The molecule has 1 aromatic heterocycles. The van der Waals surface area contributed by atoms with Gasteiger partial charge in [0.2, 0.25) is 0 Å². The zero-order valence-electron chi connectivity index (χ0n) is 9.58. The van der Waals surface area contributed by atoms with Gasteiger partial charge in [-0.3, -0.25) is 9.78 Å². The molecule has 0 aliphatic rings. The van der Waals surface area contributed by atoms with Crippen molar-refractivity contribution in [1.82, 2.24) is 10.3 Å². The van der Waals surface area contributed by atoms with Crippen LogP contribution in [0.5, 0.6) is 0 Å². The number of nitrogens with zero attached hydrogens (tertiary/aromatic N) is 1. The highest BCUT2D eigenvalue weighted by atomic mass is 32.2. The second-order valence-electron chi connectivity index (χ2n) is 4.00. The molecule has 1 aromatic rings. The molecule has 1 N–H and O–H groups in total. The van der Waals surface area contributed by atoms with E-state index in [1.165, 1.54) is 12.3 Å². The molecule has 0 saturated carbocycles. The Morgan fingerprint density at radius 2 is 2.31 bits per heavy atom. The van der Waals surface area contributed by atoms with Crippen molar-refractivity contribution in [2.75, 3.05) is 12.8 Å². The minimum Gasteiger partial charge on any atom is -0.351 e. The van der Waals surface area contributed by atoms with Crippen molar-refractivity contribution in [2.45, 2.75) is 18.6 Å². The van der Waals surface area contributed by atoms with Gasteiger partial charge in [-0.15, -0.1) is 0 Å². The Balaban J connectivity index is 2.64. The summed E-state index contributed by atoms with van der Waals surface area (Å²) in [6.45, 7) is 4.52. The molecule has 88 valence electrons. The molecule has 1 rings (SSSR count). The first-order valence-electron chi connectivity index (χ1n) is 4.89. The molecule has 1 amide bonds. The fourth-order valence-electron chi connectivity index (χ4n) is 1.02. The lowest BCUT2D eigenvalue weighted by molar-refractivity contribution is 0.0946. The lowest BCUT2D eigenvalue weighted by Crippen LogP contribution is -2.36. The lowest BCUT2D eigenvalue weighted by atomic mass is 10.2. The monoisotopic (exact) mass is 242 g/mol. The van der Waals surface area contributed by atoms with Gasteiger partial charge in [0.1, 0.15) is 0 Å². The number of carbonyl (C=O) groups excluding carboxylic acids is 1. The SMILES string of the molecule is CSC(C)(C)CNC(=O)c1ccncc1F. The molecule has 0 unspecified atom stereocenters. The molecule has 0 atom stereocenters. The van der Waals surface area contributed by atoms with E-state index < -0.39 is 11.7 Å². The van der Waals surface area contributed by atoms with Crippen LogP contribution in [0.4, 0.5) is 4.39 Å². The van der Waals surface area contributed by atoms with Gasteiger partial charge in [-0.25, -0.2) is 4.39 Å². The van der Waals surface area contributed by atoms with Crippen LogP contribution in [0, 0.1) is 5.82 Å². The third-order valence-corrected chi connectivity index (χ3v) is 3.49. The predicted molar refractivity (Wildman–Crippen MR) is 64.1 cm³/mol. The second-order valence-corrected chi connectivity index (χ2v) is 5.52. The summed E-state index contributed by atoms with van der Waals surface area (Å²) in [4.78, 5) is 15.2. The lowest BCUT2D eigenvalue weighted by Gasteiger charge is -2.22. The molecule has 5 heteroatoms. The molecule has 0 aliphatic carbocycles. The van der Waals surface area contributed by atoms with Crippen LogP contribution < -0.4 is 5.32 Å². The minimum atomic E-state index is -0.595. The summed E-state index contributed by atoms with van der Waals surface area (Å²) >= 11 is 1.65. The van der Waals surface area contributed by atoms with Crippen LogP contribution in [-0.2, 0) is 0 Å². The van der Waals surface area contributed by atoms with Crippen molar-refractivity contribution in [1.29, 1.82) is 0 Å². The van der Waals surface area contributed by atoms with Crippen LogP contribution in [0.15, 0.2) is 18.5 Å². The van der Waals surface area contributed by atoms with E-state index in [0.29, 0.717) is 6.54 Å². The third-order valence-electron chi connectivity index (χ3n) is 2.24. The molecular formula is C11H15FN2OS. The average molecular weight is 242 g/mol. The zero-order chi connectivity index (χ0) is 12.2.